The molecule has 2 N–H and O–H groups in total. The van der Waals surface area contributed by atoms with Crippen LogP contribution in [0.5, 0.6) is 5.75 Å². The zero-order valence-electron chi connectivity index (χ0n) is 13.6. The molecule has 0 spiro atoms. The first kappa shape index (κ1) is 16.3. The van der Waals surface area contributed by atoms with Crippen molar-refractivity contribution in [3.63, 3.8) is 0 Å². The van der Waals surface area contributed by atoms with E-state index in [1.165, 1.54) is 0 Å². The first-order valence-corrected chi connectivity index (χ1v) is 8.32. The third-order valence-corrected chi connectivity index (χ3v) is 4.94. The number of aromatic hydroxyl groups is 1. The molecule has 21 heavy (non-hydrogen) atoms. The minimum absolute atomic E-state index is 0.0347. The number of para-hydroxylation sites is 1. The van der Waals surface area contributed by atoms with Gasteiger partial charge in [0, 0.05) is 24.3 Å². The number of phenols is 1. The SMILES string of the molecule is CCC(NC1CCOC(CC)(CC)C1)c1ccccc1O. The van der Waals surface area contributed by atoms with Crippen LogP contribution in [-0.4, -0.2) is 23.4 Å². The van der Waals surface area contributed by atoms with Gasteiger partial charge < -0.3 is 15.2 Å². The summed E-state index contributed by atoms with van der Waals surface area (Å²) >= 11 is 0. The van der Waals surface area contributed by atoms with Gasteiger partial charge in [0.2, 0.25) is 0 Å². The first-order valence-electron chi connectivity index (χ1n) is 8.32. The van der Waals surface area contributed by atoms with Gasteiger partial charge in [0.25, 0.3) is 0 Å². The number of phenolic OH excluding ortho intramolecular Hbond substituents is 1. The second kappa shape index (κ2) is 7.28. The van der Waals surface area contributed by atoms with Crippen LogP contribution in [0.1, 0.15) is 64.5 Å². The monoisotopic (exact) mass is 291 g/mol. The van der Waals surface area contributed by atoms with Crippen LogP contribution in [0.2, 0.25) is 0 Å². The van der Waals surface area contributed by atoms with E-state index in [0.717, 1.165) is 44.3 Å². The van der Waals surface area contributed by atoms with E-state index in [1.807, 2.05) is 18.2 Å². The molecule has 0 aliphatic carbocycles. The standard InChI is InChI=1S/C18H29NO2/c1-4-16(15-9-7-8-10-17(15)20)19-14-11-12-21-18(5-2,6-3)13-14/h7-10,14,16,19-20H,4-6,11-13H2,1-3H3. The highest BCUT2D eigenvalue weighted by atomic mass is 16.5. The highest BCUT2D eigenvalue weighted by Crippen LogP contribution is 2.33. The van der Waals surface area contributed by atoms with E-state index in [1.54, 1.807) is 6.07 Å². The van der Waals surface area contributed by atoms with Gasteiger partial charge in [-0.25, -0.2) is 0 Å². The van der Waals surface area contributed by atoms with Gasteiger partial charge in [-0.2, -0.15) is 0 Å². The van der Waals surface area contributed by atoms with Crippen LogP contribution in [0.4, 0.5) is 0 Å². The van der Waals surface area contributed by atoms with Crippen molar-refractivity contribution in [1.29, 1.82) is 0 Å². The van der Waals surface area contributed by atoms with Crippen molar-refractivity contribution in [2.24, 2.45) is 0 Å². The van der Waals surface area contributed by atoms with E-state index < -0.39 is 0 Å². The van der Waals surface area contributed by atoms with Crippen LogP contribution in [0, 0.1) is 0 Å². The van der Waals surface area contributed by atoms with Gasteiger partial charge >= 0.3 is 0 Å². The molecule has 2 atom stereocenters. The Balaban J connectivity index is 2.07. The summed E-state index contributed by atoms with van der Waals surface area (Å²) in [6.45, 7) is 7.42. The number of rotatable bonds is 6. The molecule has 118 valence electrons. The van der Waals surface area contributed by atoms with Crippen LogP contribution in [0.25, 0.3) is 0 Å². The van der Waals surface area contributed by atoms with E-state index in [-0.39, 0.29) is 11.6 Å². The third-order valence-electron chi connectivity index (χ3n) is 4.94. The summed E-state index contributed by atoms with van der Waals surface area (Å²) < 4.78 is 6.05. The third kappa shape index (κ3) is 3.78. The number of benzene rings is 1. The normalized spacial score (nSPS) is 22.9. The quantitative estimate of drug-likeness (QED) is 0.826. The first-order chi connectivity index (χ1) is 10.1. The van der Waals surface area contributed by atoms with Crippen molar-refractivity contribution in [2.45, 2.75) is 70.6 Å². The number of hydrogen-bond acceptors (Lipinski definition) is 3. The summed E-state index contributed by atoms with van der Waals surface area (Å²) in [5.41, 5.74) is 1.04. The van der Waals surface area contributed by atoms with Crippen LogP contribution >= 0.6 is 0 Å². The Labute approximate surface area is 128 Å². The molecule has 0 amide bonds. The van der Waals surface area contributed by atoms with Gasteiger partial charge in [0.15, 0.2) is 0 Å². The van der Waals surface area contributed by atoms with Gasteiger partial charge in [0.05, 0.1) is 5.60 Å². The fourth-order valence-electron chi connectivity index (χ4n) is 3.41. The van der Waals surface area contributed by atoms with Crippen molar-refractivity contribution in [1.82, 2.24) is 5.32 Å². The Kier molecular flexibility index (Phi) is 5.65. The fourth-order valence-corrected chi connectivity index (χ4v) is 3.41. The fraction of sp³-hybridized carbons (Fsp3) is 0.667. The van der Waals surface area contributed by atoms with Crippen molar-refractivity contribution >= 4 is 0 Å². The zero-order valence-corrected chi connectivity index (χ0v) is 13.6. The molecule has 1 saturated heterocycles. The maximum absolute atomic E-state index is 10.1. The molecule has 0 aromatic heterocycles. The van der Waals surface area contributed by atoms with Gasteiger partial charge in [-0.3, -0.25) is 0 Å². The average Bonchev–Trinajstić information content (AvgIpc) is 2.53. The zero-order chi connectivity index (χ0) is 15.3. The van der Waals surface area contributed by atoms with Crippen LogP contribution in [0.15, 0.2) is 24.3 Å². The van der Waals surface area contributed by atoms with Crippen molar-refractivity contribution in [2.75, 3.05) is 6.61 Å². The molecule has 2 rings (SSSR count). The van der Waals surface area contributed by atoms with Crippen LogP contribution in [0.3, 0.4) is 0 Å². The maximum Gasteiger partial charge on any atom is 0.120 e. The second-order valence-electron chi connectivity index (χ2n) is 6.11. The predicted molar refractivity (Wildman–Crippen MR) is 86.6 cm³/mol. The minimum Gasteiger partial charge on any atom is -0.508 e. The lowest BCUT2D eigenvalue weighted by atomic mass is 9.85. The molecule has 3 heteroatoms. The van der Waals surface area contributed by atoms with Crippen molar-refractivity contribution in [3.8, 4) is 5.75 Å². The molecular weight excluding hydrogens is 262 g/mol. The highest BCUT2D eigenvalue weighted by Gasteiger charge is 2.35. The van der Waals surface area contributed by atoms with Crippen molar-refractivity contribution < 1.29 is 9.84 Å². The number of ether oxygens (including phenoxy) is 1. The van der Waals surface area contributed by atoms with Crippen LogP contribution < -0.4 is 5.32 Å². The number of nitrogens with one attached hydrogen (secondary N) is 1. The molecule has 1 fully saturated rings. The van der Waals surface area contributed by atoms with Gasteiger partial charge in [0.1, 0.15) is 5.75 Å². The van der Waals surface area contributed by atoms with E-state index in [0.29, 0.717) is 11.8 Å². The van der Waals surface area contributed by atoms with E-state index in [4.69, 9.17) is 4.74 Å². The summed E-state index contributed by atoms with van der Waals surface area (Å²) in [4.78, 5) is 0. The van der Waals surface area contributed by atoms with Crippen LogP contribution in [-0.2, 0) is 4.74 Å². The molecular formula is C18H29NO2. The molecule has 3 nitrogen and oxygen atoms in total. The van der Waals surface area contributed by atoms with Gasteiger partial charge in [-0.05, 0) is 38.2 Å². The Morgan fingerprint density at radius 2 is 2.00 bits per heavy atom. The topological polar surface area (TPSA) is 41.5 Å². The molecule has 1 aliphatic heterocycles. The Hall–Kier alpha value is -1.06. The van der Waals surface area contributed by atoms with E-state index in [9.17, 15) is 5.11 Å². The second-order valence-corrected chi connectivity index (χ2v) is 6.11. The van der Waals surface area contributed by atoms with Gasteiger partial charge in [-0.15, -0.1) is 0 Å². The highest BCUT2D eigenvalue weighted by molar-refractivity contribution is 5.34. The maximum atomic E-state index is 10.1. The molecule has 0 bridgehead atoms. The lowest BCUT2D eigenvalue weighted by Gasteiger charge is -2.41. The number of hydrogen-bond donors (Lipinski definition) is 2. The largest absolute Gasteiger partial charge is 0.508 e. The average molecular weight is 291 g/mol. The molecule has 0 saturated carbocycles. The molecule has 2 unspecified atom stereocenters. The molecule has 1 aromatic carbocycles. The summed E-state index contributed by atoms with van der Waals surface area (Å²) in [5.74, 6) is 0.390. The Bertz CT molecular complexity index is 443. The van der Waals surface area contributed by atoms with E-state index in [2.05, 4.69) is 26.1 Å². The summed E-state index contributed by atoms with van der Waals surface area (Å²) in [5, 5.41) is 13.8. The summed E-state index contributed by atoms with van der Waals surface area (Å²) in [6.07, 6.45) is 5.21. The Morgan fingerprint density at radius 3 is 2.62 bits per heavy atom. The smallest absolute Gasteiger partial charge is 0.120 e. The van der Waals surface area contributed by atoms with E-state index >= 15 is 0 Å². The minimum atomic E-state index is 0.0347. The van der Waals surface area contributed by atoms with Gasteiger partial charge in [-0.1, -0.05) is 39.0 Å². The lowest BCUT2D eigenvalue weighted by Crippen LogP contribution is -2.47. The predicted octanol–water partition coefficient (Wildman–Crippen LogP) is 4.17. The van der Waals surface area contributed by atoms with Crippen molar-refractivity contribution in [3.05, 3.63) is 29.8 Å². The molecule has 1 heterocycles. The lowest BCUT2D eigenvalue weighted by molar-refractivity contribution is -0.0942. The molecule has 1 aromatic rings. The Morgan fingerprint density at radius 1 is 1.29 bits per heavy atom. The summed E-state index contributed by atoms with van der Waals surface area (Å²) in [6, 6.07) is 8.32. The molecule has 0 radical (unpaired) electrons. The molecule has 1 aliphatic rings. The summed E-state index contributed by atoms with van der Waals surface area (Å²) in [7, 11) is 0.